The number of rotatable bonds is 8. The first-order chi connectivity index (χ1) is 17.3. The van der Waals surface area contributed by atoms with Crippen LogP contribution in [0.4, 0.5) is 11.4 Å². The van der Waals surface area contributed by atoms with Crippen LogP contribution in [0.2, 0.25) is 0 Å². The van der Waals surface area contributed by atoms with Crippen LogP contribution in [-0.4, -0.2) is 32.6 Å². The van der Waals surface area contributed by atoms with Gasteiger partial charge in [0.15, 0.2) is 0 Å². The van der Waals surface area contributed by atoms with Crippen LogP contribution in [0.15, 0.2) is 65.2 Å². The van der Waals surface area contributed by atoms with Gasteiger partial charge >= 0.3 is 0 Å². The zero-order chi connectivity index (χ0) is 27.2. The standard InChI is InChI=1S/C31H42N2O3S/c1-8-9-10-11-19-33-27-18-16-23(37(34,35)36)21-25(27)31(5,6)29(33)14-12-13-28-30(3,4)24-20-22(2)15-17-26(24)32(28)7/h12-18,20-21,29H,8-11,19H2,1-7H3,(H,34,35,36)/b14-12+,28-13-. The number of likely N-dealkylation sites (N-methyl/N-ethyl adjacent to an activating group) is 1. The van der Waals surface area contributed by atoms with E-state index in [1.165, 1.54) is 47.8 Å². The SMILES string of the molecule is CCCCCCN1c2ccc(S(=O)(=O)O)cc2C(C)(C)C1/C=C/C=C1\N(C)c2ccc(C)cc2C1(C)C. The third-order valence-corrected chi connectivity index (χ3v) is 9.18. The summed E-state index contributed by atoms with van der Waals surface area (Å²) in [6.07, 6.45) is 11.3. The molecule has 0 aliphatic carbocycles. The third-order valence-electron chi connectivity index (χ3n) is 8.33. The molecule has 0 amide bonds. The van der Waals surface area contributed by atoms with Gasteiger partial charge in [0.1, 0.15) is 0 Å². The molecular weight excluding hydrogens is 480 g/mol. The molecule has 1 N–H and O–H groups in total. The van der Waals surface area contributed by atoms with Crippen LogP contribution in [0.5, 0.6) is 0 Å². The molecule has 0 radical (unpaired) electrons. The van der Waals surface area contributed by atoms with Gasteiger partial charge in [-0.15, -0.1) is 0 Å². The van der Waals surface area contributed by atoms with E-state index in [2.05, 4.69) is 94.8 Å². The van der Waals surface area contributed by atoms with Gasteiger partial charge in [0.05, 0.1) is 10.9 Å². The van der Waals surface area contributed by atoms with Crippen molar-refractivity contribution < 1.29 is 13.0 Å². The van der Waals surface area contributed by atoms with E-state index < -0.39 is 10.1 Å². The smallest absolute Gasteiger partial charge is 0.294 e. The molecule has 5 nitrogen and oxygen atoms in total. The summed E-state index contributed by atoms with van der Waals surface area (Å²) < 4.78 is 33.5. The van der Waals surface area contributed by atoms with Crippen molar-refractivity contribution >= 4 is 21.5 Å². The Balaban J connectivity index is 1.69. The van der Waals surface area contributed by atoms with Crippen LogP contribution < -0.4 is 9.80 Å². The summed E-state index contributed by atoms with van der Waals surface area (Å²) in [6.45, 7) is 14.1. The molecular formula is C31H42N2O3S. The molecule has 1 unspecified atom stereocenters. The van der Waals surface area contributed by atoms with E-state index >= 15 is 0 Å². The molecule has 0 saturated heterocycles. The zero-order valence-electron chi connectivity index (χ0n) is 23.4. The zero-order valence-corrected chi connectivity index (χ0v) is 24.2. The summed E-state index contributed by atoms with van der Waals surface area (Å²) in [4.78, 5) is 4.66. The maximum Gasteiger partial charge on any atom is 0.294 e. The first-order valence-electron chi connectivity index (χ1n) is 13.4. The Morgan fingerprint density at radius 1 is 0.973 bits per heavy atom. The van der Waals surface area contributed by atoms with Crippen molar-refractivity contribution in [1.29, 1.82) is 0 Å². The molecule has 0 spiro atoms. The van der Waals surface area contributed by atoms with Gasteiger partial charge in [-0.1, -0.05) is 83.7 Å². The van der Waals surface area contributed by atoms with Gasteiger partial charge in [-0.2, -0.15) is 8.42 Å². The van der Waals surface area contributed by atoms with E-state index in [0.29, 0.717) is 0 Å². The Kier molecular flexibility index (Phi) is 7.39. The quantitative estimate of drug-likeness (QED) is 0.294. The van der Waals surface area contributed by atoms with Crippen molar-refractivity contribution in [1.82, 2.24) is 0 Å². The van der Waals surface area contributed by atoms with Crippen molar-refractivity contribution in [2.45, 2.75) is 89.0 Å². The molecule has 2 heterocycles. The van der Waals surface area contributed by atoms with E-state index in [-0.39, 0.29) is 21.8 Å². The Bertz CT molecular complexity index is 1340. The molecule has 37 heavy (non-hydrogen) atoms. The average molecular weight is 523 g/mol. The Morgan fingerprint density at radius 2 is 1.68 bits per heavy atom. The third kappa shape index (κ3) is 4.98. The number of nitrogens with zero attached hydrogens (tertiary/aromatic N) is 2. The highest BCUT2D eigenvalue weighted by molar-refractivity contribution is 7.85. The average Bonchev–Trinajstić information content (AvgIpc) is 3.14. The van der Waals surface area contributed by atoms with Crippen molar-refractivity contribution in [3.63, 3.8) is 0 Å². The van der Waals surface area contributed by atoms with Crippen molar-refractivity contribution in [2.24, 2.45) is 0 Å². The monoisotopic (exact) mass is 522 g/mol. The van der Waals surface area contributed by atoms with Crippen LogP contribution in [0.25, 0.3) is 0 Å². The summed E-state index contributed by atoms with van der Waals surface area (Å²) in [5.41, 5.74) is 6.70. The second-order valence-corrected chi connectivity index (χ2v) is 13.1. The van der Waals surface area contributed by atoms with Gasteiger partial charge in [0, 0.05) is 41.5 Å². The predicted molar refractivity (Wildman–Crippen MR) is 154 cm³/mol. The van der Waals surface area contributed by atoms with Gasteiger partial charge in [-0.3, -0.25) is 4.55 Å². The molecule has 6 heteroatoms. The number of hydrogen-bond acceptors (Lipinski definition) is 4. The van der Waals surface area contributed by atoms with Crippen molar-refractivity contribution in [3.8, 4) is 0 Å². The molecule has 0 aromatic heterocycles. The number of hydrogen-bond donors (Lipinski definition) is 1. The number of anilines is 2. The van der Waals surface area contributed by atoms with E-state index in [1.807, 2.05) is 6.07 Å². The molecule has 2 aliphatic heterocycles. The molecule has 1 atom stereocenters. The minimum atomic E-state index is -4.26. The minimum absolute atomic E-state index is 0.0422. The number of aryl methyl sites for hydroxylation is 1. The van der Waals surface area contributed by atoms with Crippen LogP contribution >= 0.6 is 0 Å². The van der Waals surface area contributed by atoms with E-state index in [0.717, 1.165) is 24.2 Å². The first-order valence-corrected chi connectivity index (χ1v) is 14.9. The summed E-state index contributed by atoms with van der Waals surface area (Å²) in [6, 6.07) is 11.8. The Morgan fingerprint density at radius 3 is 2.35 bits per heavy atom. The number of unbranched alkanes of at least 4 members (excludes halogenated alkanes) is 3. The first kappa shape index (κ1) is 27.5. The Labute approximate surface area is 223 Å². The van der Waals surface area contributed by atoms with Gasteiger partial charge in [-0.25, -0.2) is 0 Å². The maximum atomic E-state index is 11.9. The van der Waals surface area contributed by atoms with Crippen molar-refractivity contribution in [2.75, 3.05) is 23.4 Å². The lowest BCUT2D eigenvalue weighted by molar-refractivity contribution is 0.467. The van der Waals surface area contributed by atoms with E-state index in [1.54, 1.807) is 6.07 Å². The summed E-state index contributed by atoms with van der Waals surface area (Å²) in [5, 5.41) is 0. The minimum Gasteiger partial charge on any atom is -0.364 e. The largest absolute Gasteiger partial charge is 0.364 e. The van der Waals surface area contributed by atoms with Gasteiger partial charge in [0.2, 0.25) is 0 Å². The highest BCUT2D eigenvalue weighted by atomic mass is 32.2. The number of fused-ring (bicyclic) bond motifs is 2. The van der Waals surface area contributed by atoms with Gasteiger partial charge in [0.25, 0.3) is 10.1 Å². The normalized spacial score (nSPS) is 21.2. The second-order valence-electron chi connectivity index (χ2n) is 11.7. The number of benzene rings is 2. The molecule has 0 saturated carbocycles. The maximum absolute atomic E-state index is 11.9. The molecule has 2 aromatic carbocycles. The summed E-state index contributed by atoms with van der Waals surface area (Å²) in [7, 11) is -2.13. The fourth-order valence-electron chi connectivity index (χ4n) is 6.16. The van der Waals surface area contributed by atoms with Gasteiger partial charge < -0.3 is 9.80 Å². The summed E-state index contributed by atoms with van der Waals surface area (Å²) in [5.74, 6) is 0. The van der Waals surface area contributed by atoms with Gasteiger partial charge in [-0.05, 0) is 54.8 Å². The molecule has 2 aromatic rings. The predicted octanol–water partition coefficient (Wildman–Crippen LogP) is 7.16. The molecule has 2 aliphatic rings. The fraction of sp³-hybridized carbons (Fsp3) is 0.484. The summed E-state index contributed by atoms with van der Waals surface area (Å²) >= 11 is 0. The Hall–Kier alpha value is -2.57. The lowest BCUT2D eigenvalue weighted by Gasteiger charge is -2.32. The van der Waals surface area contributed by atoms with Crippen LogP contribution in [-0.2, 0) is 20.9 Å². The lowest BCUT2D eigenvalue weighted by atomic mass is 9.80. The van der Waals surface area contributed by atoms with Crippen LogP contribution in [0, 0.1) is 6.92 Å². The number of allylic oxidation sites excluding steroid dienone is 3. The topological polar surface area (TPSA) is 60.9 Å². The second kappa shape index (κ2) is 9.95. The molecule has 200 valence electrons. The van der Waals surface area contributed by atoms with Crippen molar-refractivity contribution in [3.05, 3.63) is 77.0 Å². The highest BCUT2D eigenvalue weighted by Crippen LogP contribution is 2.48. The van der Waals surface area contributed by atoms with E-state index in [4.69, 9.17) is 0 Å². The molecule has 0 fully saturated rings. The lowest BCUT2D eigenvalue weighted by Crippen LogP contribution is -2.40. The fourth-order valence-corrected chi connectivity index (χ4v) is 6.66. The van der Waals surface area contributed by atoms with E-state index in [9.17, 15) is 13.0 Å². The van der Waals surface area contributed by atoms with Crippen LogP contribution in [0.1, 0.15) is 77.0 Å². The molecule has 4 rings (SSSR count). The molecule has 0 bridgehead atoms. The highest BCUT2D eigenvalue weighted by Gasteiger charge is 2.43. The van der Waals surface area contributed by atoms with Crippen LogP contribution in [0.3, 0.4) is 0 Å².